The molecule has 0 saturated heterocycles. The highest BCUT2D eigenvalue weighted by Gasteiger charge is 2.05. The zero-order valence-electron chi connectivity index (χ0n) is 7.30. The van der Waals surface area contributed by atoms with Gasteiger partial charge in [0.2, 0.25) is 5.95 Å². The minimum Gasteiger partial charge on any atom is -0.466 e. The number of nitrogens with zero attached hydrogens (tertiary/aromatic N) is 4. The maximum atomic E-state index is 10.9. The molecule has 1 rings (SSSR count). The fourth-order valence-electron chi connectivity index (χ4n) is 0.801. The topological polar surface area (TPSA) is 95.9 Å². The number of carbonyl (C=O) groups is 1. The van der Waals surface area contributed by atoms with Crippen molar-refractivity contribution in [3.8, 4) is 0 Å². The molecule has 0 aromatic carbocycles. The largest absolute Gasteiger partial charge is 0.466 e. The average molecular weight is 185 g/mol. The number of aromatic nitrogens is 4. The predicted molar refractivity (Wildman–Crippen MR) is 43.5 cm³/mol. The number of rotatable bonds is 4. The highest BCUT2D eigenvalue weighted by molar-refractivity contribution is 5.69. The predicted octanol–water partition coefficient (Wildman–Crippen LogP) is -0.791. The van der Waals surface area contributed by atoms with Crippen LogP contribution in [0.3, 0.4) is 0 Å². The molecule has 0 fully saturated rings. The van der Waals surface area contributed by atoms with Gasteiger partial charge in [0, 0.05) is 0 Å². The van der Waals surface area contributed by atoms with Gasteiger partial charge >= 0.3 is 5.97 Å². The van der Waals surface area contributed by atoms with Crippen LogP contribution in [-0.2, 0) is 16.1 Å². The highest BCUT2D eigenvalue weighted by atomic mass is 16.5. The number of tetrazole rings is 1. The lowest BCUT2D eigenvalue weighted by atomic mass is 10.4. The van der Waals surface area contributed by atoms with Gasteiger partial charge in [-0.15, -0.1) is 0 Å². The molecule has 0 aliphatic carbocycles. The van der Waals surface area contributed by atoms with Gasteiger partial charge in [0.1, 0.15) is 0 Å². The number of nitrogen functional groups attached to an aromatic ring is 1. The van der Waals surface area contributed by atoms with E-state index in [9.17, 15) is 4.79 Å². The van der Waals surface area contributed by atoms with Gasteiger partial charge < -0.3 is 10.5 Å². The van der Waals surface area contributed by atoms with E-state index in [1.165, 1.54) is 4.68 Å². The molecular formula is C6H11N5O2. The number of carbonyl (C=O) groups excluding carboxylic acids is 1. The van der Waals surface area contributed by atoms with E-state index in [1.54, 1.807) is 6.92 Å². The first-order chi connectivity index (χ1) is 6.24. The minimum atomic E-state index is -0.280. The van der Waals surface area contributed by atoms with Crippen molar-refractivity contribution in [2.75, 3.05) is 12.3 Å². The van der Waals surface area contributed by atoms with Crippen LogP contribution in [0, 0.1) is 0 Å². The molecule has 72 valence electrons. The van der Waals surface area contributed by atoms with Gasteiger partial charge in [-0.3, -0.25) is 4.79 Å². The summed E-state index contributed by atoms with van der Waals surface area (Å²) in [7, 11) is 0. The van der Waals surface area contributed by atoms with E-state index in [0.29, 0.717) is 13.2 Å². The number of anilines is 1. The molecule has 1 aromatic heterocycles. The summed E-state index contributed by atoms with van der Waals surface area (Å²) in [6, 6.07) is 0. The summed E-state index contributed by atoms with van der Waals surface area (Å²) in [5, 5.41) is 10.4. The Morgan fingerprint density at radius 3 is 3.00 bits per heavy atom. The van der Waals surface area contributed by atoms with Gasteiger partial charge in [-0.1, -0.05) is 5.10 Å². The summed E-state index contributed by atoms with van der Waals surface area (Å²) in [6.45, 7) is 2.48. The van der Waals surface area contributed by atoms with Crippen LogP contribution in [0.4, 0.5) is 5.95 Å². The Bertz CT molecular complexity index is 284. The molecule has 0 radical (unpaired) electrons. The maximum absolute atomic E-state index is 10.9. The van der Waals surface area contributed by atoms with Crippen molar-refractivity contribution >= 4 is 11.9 Å². The van der Waals surface area contributed by atoms with E-state index in [4.69, 9.17) is 10.5 Å². The first-order valence-electron chi connectivity index (χ1n) is 3.91. The fraction of sp³-hybridized carbons (Fsp3) is 0.667. The molecule has 2 N–H and O–H groups in total. The Balaban J connectivity index is 2.35. The number of aryl methyl sites for hydroxylation is 1. The molecule has 0 unspecified atom stereocenters. The molecule has 0 saturated carbocycles. The van der Waals surface area contributed by atoms with E-state index >= 15 is 0 Å². The average Bonchev–Trinajstić information content (AvgIpc) is 2.48. The molecule has 7 heteroatoms. The smallest absolute Gasteiger partial charge is 0.307 e. The summed E-state index contributed by atoms with van der Waals surface area (Å²) in [6.07, 6.45) is 0.225. The molecule has 13 heavy (non-hydrogen) atoms. The Labute approximate surface area is 74.9 Å². The van der Waals surface area contributed by atoms with Crippen molar-refractivity contribution < 1.29 is 9.53 Å². The van der Waals surface area contributed by atoms with Crippen LogP contribution in [0.1, 0.15) is 13.3 Å². The summed E-state index contributed by atoms with van der Waals surface area (Å²) in [4.78, 5) is 10.9. The number of hydrogen-bond acceptors (Lipinski definition) is 6. The van der Waals surface area contributed by atoms with Gasteiger partial charge in [0.05, 0.1) is 19.6 Å². The second-order valence-electron chi connectivity index (χ2n) is 2.32. The third-order valence-electron chi connectivity index (χ3n) is 1.39. The maximum Gasteiger partial charge on any atom is 0.307 e. The second-order valence-corrected chi connectivity index (χ2v) is 2.32. The summed E-state index contributed by atoms with van der Waals surface area (Å²) < 4.78 is 6.06. The van der Waals surface area contributed by atoms with Crippen LogP contribution >= 0.6 is 0 Å². The van der Waals surface area contributed by atoms with E-state index in [1.807, 2.05) is 0 Å². The van der Waals surface area contributed by atoms with Gasteiger partial charge in [-0.05, 0) is 17.4 Å². The van der Waals surface area contributed by atoms with Crippen molar-refractivity contribution in [3.05, 3.63) is 0 Å². The van der Waals surface area contributed by atoms with Gasteiger partial charge in [0.15, 0.2) is 0 Å². The normalized spacial score (nSPS) is 9.92. The third-order valence-corrected chi connectivity index (χ3v) is 1.39. The van der Waals surface area contributed by atoms with Crippen molar-refractivity contribution in [1.82, 2.24) is 20.2 Å². The van der Waals surface area contributed by atoms with Crippen LogP contribution in [0.2, 0.25) is 0 Å². The Kier molecular flexibility index (Phi) is 3.18. The van der Waals surface area contributed by atoms with Gasteiger partial charge in [-0.2, -0.15) is 0 Å². The first-order valence-corrected chi connectivity index (χ1v) is 3.91. The quantitative estimate of drug-likeness (QED) is 0.617. The standard InChI is InChI=1S/C6H11N5O2/c1-2-13-5(12)3-4-11-6(7)8-9-10-11/h2-4H2,1H3,(H2,7,8,10). The Morgan fingerprint density at radius 2 is 2.46 bits per heavy atom. The van der Waals surface area contributed by atoms with Gasteiger partial charge in [0.25, 0.3) is 0 Å². The molecular weight excluding hydrogens is 174 g/mol. The molecule has 0 atom stereocenters. The van der Waals surface area contributed by atoms with E-state index in [0.717, 1.165) is 0 Å². The van der Waals surface area contributed by atoms with Crippen LogP contribution in [0.15, 0.2) is 0 Å². The van der Waals surface area contributed by atoms with Crippen LogP contribution < -0.4 is 5.73 Å². The van der Waals surface area contributed by atoms with Crippen LogP contribution in [0.25, 0.3) is 0 Å². The Hall–Kier alpha value is -1.66. The van der Waals surface area contributed by atoms with Crippen LogP contribution in [0.5, 0.6) is 0 Å². The molecule has 0 aliphatic heterocycles. The lowest BCUT2D eigenvalue weighted by molar-refractivity contribution is -0.143. The molecule has 0 bridgehead atoms. The minimum absolute atomic E-state index is 0.198. The van der Waals surface area contributed by atoms with Crippen molar-refractivity contribution in [1.29, 1.82) is 0 Å². The van der Waals surface area contributed by atoms with E-state index in [2.05, 4.69) is 15.5 Å². The number of ether oxygens (including phenoxy) is 1. The van der Waals surface area contributed by atoms with Gasteiger partial charge in [-0.25, -0.2) is 4.68 Å². The fourth-order valence-corrected chi connectivity index (χ4v) is 0.801. The second kappa shape index (κ2) is 4.39. The first kappa shape index (κ1) is 9.43. The van der Waals surface area contributed by atoms with Crippen molar-refractivity contribution in [3.63, 3.8) is 0 Å². The molecule has 1 heterocycles. The summed E-state index contributed by atoms with van der Waals surface area (Å²) >= 11 is 0. The van der Waals surface area contributed by atoms with E-state index < -0.39 is 0 Å². The number of hydrogen-bond donors (Lipinski definition) is 1. The summed E-state index contributed by atoms with van der Waals surface area (Å²) in [5.41, 5.74) is 5.38. The molecule has 7 nitrogen and oxygen atoms in total. The van der Waals surface area contributed by atoms with E-state index in [-0.39, 0.29) is 18.3 Å². The molecule has 0 aliphatic rings. The van der Waals surface area contributed by atoms with Crippen molar-refractivity contribution in [2.45, 2.75) is 19.9 Å². The monoisotopic (exact) mass is 185 g/mol. The lowest BCUT2D eigenvalue weighted by Crippen LogP contribution is -2.11. The zero-order chi connectivity index (χ0) is 9.68. The zero-order valence-corrected chi connectivity index (χ0v) is 7.30. The molecule has 1 aromatic rings. The van der Waals surface area contributed by atoms with Crippen LogP contribution in [-0.4, -0.2) is 32.8 Å². The third kappa shape index (κ3) is 2.69. The SMILES string of the molecule is CCOC(=O)CCn1nnnc1N. The number of nitrogens with two attached hydrogens (primary N) is 1. The lowest BCUT2D eigenvalue weighted by Gasteiger charge is -2.01. The van der Waals surface area contributed by atoms with Crippen molar-refractivity contribution in [2.24, 2.45) is 0 Å². The molecule has 0 amide bonds. The molecule has 0 spiro atoms. The Morgan fingerprint density at radius 1 is 1.69 bits per heavy atom. The highest BCUT2D eigenvalue weighted by Crippen LogP contribution is 1.95. The summed E-state index contributed by atoms with van der Waals surface area (Å²) in [5.74, 6) is -0.0818. The number of esters is 1.